The Morgan fingerprint density at radius 1 is 1.36 bits per heavy atom. The molecular weight excluding hydrogens is 390 g/mol. The number of hydrogen-bond acceptors (Lipinski definition) is 5. The molecular formula is C14H20BrNO4S2. The second-order valence-electron chi connectivity index (χ2n) is 4.87. The van der Waals surface area contributed by atoms with Gasteiger partial charge < -0.3 is 4.74 Å². The van der Waals surface area contributed by atoms with Gasteiger partial charge in [-0.05, 0) is 60.3 Å². The molecule has 0 aromatic heterocycles. The quantitative estimate of drug-likeness (QED) is 0.668. The highest BCUT2D eigenvalue weighted by Gasteiger charge is 2.28. The fraction of sp³-hybridized carbons (Fsp3) is 0.500. The Bertz CT molecular complexity index is 605. The molecule has 0 aliphatic rings. The Morgan fingerprint density at radius 3 is 2.55 bits per heavy atom. The molecule has 22 heavy (non-hydrogen) atoms. The predicted molar refractivity (Wildman–Crippen MR) is 92.5 cm³/mol. The molecule has 0 amide bonds. The topological polar surface area (TPSA) is 72.5 Å². The van der Waals surface area contributed by atoms with Crippen LogP contribution in [0, 0.1) is 0 Å². The number of thioether (sulfide) groups is 1. The number of rotatable bonds is 8. The van der Waals surface area contributed by atoms with Gasteiger partial charge in [-0.2, -0.15) is 16.5 Å². The van der Waals surface area contributed by atoms with Crippen molar-refractivity contribution in [3.05, 3.63) is 28.7 Å². The minimum atomic E-state index is -3.81. The fourth-order valence-corrected chi connectivity index (χ4v) is 4.38. The maximum absolute atomic E-state index is 12.5. The van der Waals surface area contributed by atoms with Crippen LogP contribution in [0.15, 0.2) is 33.6 Å². The van der Waals surface area contributed by atoms with Crippen LogP contribution in [0.2, 0.25) is 0 Å². The summed E-state index contributed by atoms with van der Waals surface area (Å²) in [5, 5.41) is 0. The van der Waals surface area contributed by atoms with Crippen molar-refractivity contribution in [2.24, 2.45) is 0 Å². The van der Waals surface area contributed by atoms with E-state index in [0.29, 0.717) is 16.6 Å². The van der Waals surface area contributed by atoms with E-state index in [9.17, 15) is 13.2 Å². The van der Waals surface area contributed by atoms with Gasteiger partial charge in [-0.25, -0.2) is 8.42 Å². The third-order valence-corrected chi connectivity index (χ3v) is 5.80. The molecule has 0 aliphatic carbocycles. The summed E-state index contributed by atoms with van der Waals surface area (Å²) in [5.74, 6) is 0.0933. The molecule has 1 unspecified atom stereocenters. The van der Waals surface area contributed by atoms with E-state index in [1.807, 2.05) is 6.26 Å². The Hall–Kier alpha value is -0.570. The van der Waals surface area contributed by atoms with E-state index in [2.05, 4.69) is 20.7 Å². The number of carbonyl (C=O) groups excluding carboxylic acids is 1. The zero-order valence-corrected chi connectivity index (χ0v) is 15.9. The summed E-state index contributed by atoms with van der Waals surface area (Å²) in [4.78, 5) is 12.2. The predicted octanol–water partition coefficient (Wildman–Crippen LogP) is 2.80. The maximum atomic E-state index is 12.5. The number of benzene rings is 1. The van der Waals surface area contributed by atoms with E-state index in [4.69, 9.17) is 4.74 Å². The molecule has 0 saturated heterocycles. The van der Waals surface area contributed by atoms with Gasteiger partial charge in [0.1, 0.15) is 6.04 Å². The molecule has 0 spiro atoms. The molecule has 1 aromatic rings. The number of ether oxygens (including phenoxy) is 1. The average molecular weight is 410 g/mol. The summed E-state index contributed by atoms with van der Waals surface area (Å²) in [5.41, 5.74) is 0. The number of carbonyl (C=O) groups is 1. The van der Waals surface area contributed by atoms with Crippen LogP contribution in [-0.4, -0.2) is 38.5 Å². The first-order valence-electron chi connectivity index (χ1n) is 6.74. The number of hydrogen-bond donors (Lipinski definition) is 1. The standard InChI is InChI=1S/C14H20BrNO4S2/c1-10(2)20-14(17)12(8-9-21-3)16-22(18,19)13-7-5-4-6-11(13)15/h4-7,10,12,16H,8-9H2,1-3H3. The van der Waals surface area contributed by atoms with Crippen LogP contribution in [0.3, 0.4) is 0 Å². The molecule has 1 aromatic carbocycles. The minimum Gasteiger partial charge on any atom is -0.462 e. The highest BCUT2D eigenvalue weighted by molar-refractivity contribution is 9.10. The van der Waals surface area contributed by atoms with Crippen LogP contribution in [0.1, 0.15) is 20.3 Å². The number of esters is 1. The second-order valence-corrected chi connectivity index (χ2v) is 8.39. The number of halogens is 1. The van der Waals surface area contributed by atoms with E-state index < -0.39 is 22.0 Å². The molecule has 0 radical (unpaired) electrons. The molecule has 5 nitrogen and oxygen atoms in total. The largest absolute Gasteiger partial charge is 0.462 e. The molecule has 0 fully saturated rings. The lowest BCUT2D eigenvalue weighted by Gasteiger charge is -2.19. The summed E-state index contributed by atoms with van der Waals surface area (Å²) in [6, 6.07) is 5.57. The van der Waals surface area contributed by atoms with E-state index >= 15 is 0 Å². The van der Waals surface area contributed by atoms with Crippen LogP contribution in [0.25, 0.3) is 0 Å². The summed E-state index contributed by atoms with van der Waals surface area (Å²) >= 11 is 4.75. The molecule has 8 heteroatoms. The van der Waals surface area contributed by atoms with Gasteiger partial charge >= 0.3 is 5.97 Å². The monoisotopic (exact) mass is 409 g/mol. The Balaban J connectivity index is 2.97. The number of sulfonamides is 1. The first-order chi connectivity index (χ1) is 10.3. The Labute approximate surface area is 144 Å². The van der Waals surface area contributed by atoms with Crippen LogP contribution >= 0.6 is 27.7 Å². The summed E-state index contributed by atoms with van der Waals surface area (Å²) in [6.45, 7) is 3.46. The summed E-state index contributed by atoms with van der Waals surface area (Å²) in [6.07, 6.45) is 1.97. The van der Waals surface area contributed by atoms with Gasteiger partial charge in [0.05, 0.1) is 11.0 Å². The third-order valence-electron chi connectivity index (χ3n) is 2.67. The van der Waals surface area contributed by atoms with Crippen LogP contribution < -0.4 is 4.72 Å². The second kappa shape index (κ2) is 8.90. The smallest absolute Gasteiger partial charge is 0.324 e. The Kier molecular flexibility index (Phi) is 7.88. The van der Waals surface area contributed by atoms with Gasteiger partial charge in [0.25, 0.3) is 0 Å². The van der Waals surface area contributed by atoms with Gasteiger partial charge in [0.15, 0.2) is 0 Å². The molecule has 1 N–H and O–H groups in total. The lowest BCUT2D eigenvalue weighted by atomic mass is 10.2. The van der Waals surface area contributed by atoms with Crippen molar-refractivity contribution in [3.8, 4) is 0 Å². The van der Waals surface area contributed by atoms with E-state index in [-0.39, 0.29) is 11.0 Å². The van der Waals surface area contributed by atoms with Crippen LogP contribution in [0.4, 0.5) is 0 Å². The minimum absolute atomic E-state index is 0.0986. The lowest BCUT2D eigenvalue weighted by molar-refractivity contribution is -0.149. The average Bonchev–Trinajstić information content (AvgIpc) is 2.42. The SMILES string of the molecule is CSCCC(NS(=O)(=O)c1ccccc1Br)C(=O)OC(C)C. The first-order valence-corrected chi connectivity index (χ1v) is 10.4. The molecule has 0 aliphatic heterocycles. The summed E-state index contributed by atoms with van der Waals surface area (Å²) < 4.78 is 32.9. The molecule has 0 saturated carbocycles. The van der Waals surface area contributed by atoms with Crippen molar-refractivity contribution in [1.82, 2.24) is 4.72 Å². The highest BCUT2D eigenvalue weighted by atomic mass is 79.9. The lowest BCUT2D eigenvalue weighted by Crippen LogP contribution is -2.43. The van der Waals surface area contributed by atoms with Gasteiger partial charge in [0, 0.05) is 4.47 Å². The third kappa shape index (κ3) is 5.91. The molecule has 1 rings (SSSR count). The highest BCUT2D eigenvalue weighted by Crippen LogP contribution is 2.21. The molecule has 124 valence electrons. The van der Waals surface area contributed by atoms with Gasteiger partial charge in [-0.1, -0.05) is 12.1 Å². The summed E-state index contributed by atoms with van der Waals surface area (Å²) in [7, 11) is -3.81. The van der Waals surface area contributed by atoms with Gasteiger partial charge in [0.2, 0.25) is 10.0 Å². The van der Waals surface area contributed by atoms with Gasteiger partial charge in [-0.15, -0.1) is 0 Å². The van der Waals surface area contributed by atoms with Crippen LogP contribution in [-0.2, 0) is 19.6 Å². The maximum Gasteiger partial charge on any atom is 0.324 e. The van der Waals surface area contributed by atoms with E-state index in [1.54, 1.807) is 32.0 Å². The van der Waals surface area contributed by atoms with Crippen molar-refractivity contribution in [3.63, 3.8) is 0 Å². The van der Waals surface area contributed by atoms with Crippen molar-refractivity contribution in [2.45, 2.75) is 37.3 Å². The van der Waals surface area contributed by atoms with Crippen molar-refractivity contribution < 1.29 is 17.9 Å². The van der Waals surface area contributed by atoms with E-state index in [0.717, 1.165) is 0 Å². The molecule has 1 atom stereocenters. The number of nitrogens with one attached hydrogen (secondary N) is 1. The molecule has 0 bridgehead atoms. The zero-order chi connectivity index (χ0) is 16.8. The van der Waals surface area contributed by atoms with Crippen molar-refractivity contribution in [2.75, 3.05) is 12.0 Å². The molecule has 0 heterocycles. The zero-order valence-electron chi connectivity index (χ0n) is 12.7. The van der Waals surface area contributed by atoms with Gasteiger partial charge in [-0.3, -0.25) is 4.79 Å². The van der Waals surface area contributed by atoms with Crippen molar-refractivity contribution >= 4 is 43.7 Å². The normalized spacial score (nSPS) is 13.1. The van der Waals surface area contributed by atoms with E-state index in [1.165, 1.54) is 17.8 Å². The fourth-order valence-electron chi connectivity index (χ4n) is 1.69. The van der Waals surface area contributed by atoms with Crippen LogP contribution in [0.5, 0.6) is 0 Å². The van der Waals surface area contributed by atoms with Crippen molar-refractivity contribution in [1.29, 1.82) is 0 Å². The first kappa shape index (κ1) is 19.5. The Morgan fingerprint density at radius 2 is 2.00 bits per heavy atom.